The molecular weight excluding hydrogens is 338 g/mol. The smallest absolute Gasteiger partial charge is 0.150 e. The number of nitrogens with one attached hydrogen (secondary N) is 1. The van der Waals surface area contributed by atoms with Gasteiger partial charge in [-0.1, -0.05) is 36.4 Å². The Morgan fingerprint density at radius 3 is 2.81 bits per heavy atom. The fourth-order valence-corrected chi connectivity index (χ4v) is 3.21. The van der Waals surface area contributed by atoms with Crippen molar-refractivity contribution < 1.29 is 4.74 Å². The van der Waals surface area contributed by atoms with E-state index in [0.717, 1.165) is 44.2 Å². The van der Waals surface area contributed by atoms with Crippen LogP contribution < -0.4 is 5.32 Å². The van der Waals surface area contributed by atoms with Crippen molar-refractivity contribution in [2.45, 2.75) is 12.5 Å². The minimum atomic E-state index is -0.0156. The highest BCUT2D eigenvalue weighted by atomic mass is 16.5. The summed E-state index contributed by atoms with van der Waals surface area (Å²) in [5.74, 6) is 1.43. The zero-order valence-electron chi connectivity index (χ0n) is 15.2. The number of aromatic nitrogens is 3. The van der Waals surface area contributed by atoms with E-state index in [1.165, 1.54) is 5.56 Å². The van der Waals surface area contributed by atoms with Gasteiger partial charge in [0.25, 0.3) is 0 Å². The maximum absolute atomic E-state index is 5.99. The molecule has 0 spiro atoms. The van der Waals surface area contributed by atoms with Crippen molar-refractivity contribution in [2.24, 2.45) is 0 Å². The molecule has 138 valence electrons. The van der Waals surface area contributed by atoms with E-state index in [1.54, 1.807) is 18.6 Å². The molecular formula is C21H23N5O. The maximum Gasteiger partial charge on any atom is 0.150 e. The van der Waals surface area contributed by atoms with Crippen LogP contribution in [0.15, 0.2) is 67.1 Å². The van der Waals surface area contributed by atoms with Gasteiger partial charge in [0.15, 0.2) is 0 Å². The zero-order chi connectivity index (χ0) is 18.3. The van der Waals surface area contributed by atoms with Crippen LogP contribution in [0.4, 0.5) is 11.6 Å². The number of morpholine rings is 1. The van der Waals surface area contributed by atoms with Crippen LogP contribution in [-0.4, -0.2) is 46.1 Å². The third kappa shape index (κ3) is 4.87. The summed E-state index contributed by atoms with van der Waals surface area (Å²) in [5, 5.41) is 3.19. The molecule has 0 saturated carbocycles. The van der Waals surface area contributed by atoms with E-state index in [-0.39, 0.29) is 6.10 Å². The Labute approximate surface area is 159 Å². The molecule has 0 amide bonds. The predicted octanol–water partition coefficient (Wildman–Crippen LogP) is 3.23. The van der Waals surface area contributed by atoms with Crippen molar-refractivity contribution in [3.8, 4) is 0 Å². The standard InChI is InChI=1S/C21H23N5O/c1-2-5-17(6-3-1)9-12-26-13-14-27-19(16-26)18-7-4-8-20(24-18)25-21-15-22-10-11-23-21/h1-8,10-11,15,19H,9,12-14,16H2,(H,23,24,25)/t19-/m0/s1. The molecule has 1 saturated heterocycles. The molecule has 3 heterocycles. The quantitative estimate of drug-likeness (QED) is 0.727. The fraction of sp³-hybridized carbons (Fsp3) is 0.286. The number of anilines is 2. The lowest BCUT2D eigenvalue weighted by Crippen LogP contribution is -2.39. The van der Waals surface area contributed by atoms with E-state index in [2.05, 4.69) is 50.5 Å². The second-order valence-electron chi connectivity index (χ2n) is 6.56. The van der Waals surface area contributed by atoms with Gasteiger partial charge in [0.1, 0.15) is 17.7 Å². The average Bonchev–Trinajstić information content (AvgIpc) is 2.74. The Morgan fingerprint density at radius 1 is 1.04 bits per heavy atom. The number of hydrogen-bond acceptors (Lipinski definition) is 6. The van der Waals surface area contributed by atoms with Gasteiger partial charge < -0.3 is 10.1 Å². The van der Waals surface area contributed by atoms with Gasteiger partial charge in [-0.05, 0) is 24.1 Å². The van der Waals surface area contributed by atoms with Crippen LogP contribution in [0, 0.1) is 0 Å². The van der Waals surface area contributed by atoms with Gasteiger partial charge in [0, 0.05) is 32.0 Å². The van der Waals surface area contributed by atoms with Gasteiger partial charge in [0.05, 0.1) is 18.5 Å². The Balaban J connectivity index is 1.38. The normalized spacial score (nSPS) is 17.6. The third-order valence-corrected chi connectivity index (χ3v) is 4.63. The second-order valence-corrected chi connectivity index (χ2v) is 6.56. The monoisotopic (exact) mass is 361 g/mol. The lowest BCUT2D eigenvalue weighted by atomic mass is 10.1. The molecule has 3 aromatic rings. The van der Waals surface area contributed by atoms with E-state index >= 15 is 0 Å². The first-order valence-electron chi connectivity index (χ1n) is 9.25. The Bertz CT molecular complexity index is 843. The molecule has 6 nitrogen and oxygen atoms in total. The number of hydrogen-bond donors (Lipinski definition) is 1. The molecule has 1 aromatic carbocycles. The molecule has 0 aliphatic carbocycles. The molecule has 1 aliphatic heterocycles. The van der Waals surface area contributed by atoms with Gasteiger partial charge in [0.2, 0.25) is 0 Å². The summed E-state index contributed by atoms with van der Waals surface area (Å²) in [6.45, 7) is 3.57. The molecule has 4 rings (SSSR count). The first kappa shape index (κ1) is 17.6. The van der Waals surface area contributed by atoms with Gasteiger partial charge in [-0.15, -0.1) is 0 Å². The van der Waals surface area contributed by atoms with Gasteiger partial charge >= 0.3 is 0 Å². The second kappa shape index (κ2) is 8.70. The van der Waals surface area contributed by atoms with Crippen molar-refractivity contribution in [2.75, 3.05) is 31.6 Å². The molecule has 1 aliphatic rings. The van der Waals surface area contributed by atoms with Gasteiger partial charge in [-0.25, -0.2) is 9.97 Å². The number of nitrogens with zero attached hydrogens (tertiary/aromatic N) is 4. The lowest BCUT2D eigenvalue weighted by molar-refractivity contribution is -0.0315. The largest absolute Gasteiger partial charge is 0.369 e. The molecule has 2 aromatic heterocycles. The minimum Gasteiger partial charge on any atom is -0.369 e. The minimum absolute atomic E-state index is 0.0156. The van der Waals surface area contributed by atoms with Gasteiger partial charge in [-0.3, -0.25) is 9.88 Å². The van der Waals surface area contributed by atoms with E-state index in [4.69, 9.17) is 9.72 Å². The summed E-state index contributed by atoms with van der Waals surface area (Å²) in [7, 11) is 0. The summed E-state index contributed by atoms with van der Waals surface area (Å²) < 4.78 is 5.99. The summed E-state index contributed by atoms with van der Waals surface area (Å²) in [6.07, 6.45) is 6.01. The van der Waals surface area contributed by atoms with Crippen molar-refractivity contribution >= 4 is 11.6 Å². The fourth-order valence-electron chi connectivity index (χ4n) is 3.21. The van der Waals surface area contributed by atoms with Crippen LogP contribution in [0.25, 0.3) is 0 Å². The van der Waals surface area contributed by atoms with Crippen molar-refractivity contribution in [3.05, 3.63) is 78.4 Å². The summed E-state index contributed by atoms with van der Waals surface area (Å²) in [5.41, 5.74) is 2.31. The highest BCUT2D eigenvalue weighted by Gasteiger charge is 2.23. The van der Waals surface area contributed by atoms with Crippen molar-refractivity contribution in [1.29, 1.82) is 0 Å². The Hall–Kier alpha value is -2.83. The van der Waals surface area contributed by atoms with E-state index in [0.29, 0.717) is 5.82 Å². The maximum atomic E-state index is 5.99. The molecule has 0 radical (unpaired) electrons. The molecule has 0 bridgehead atoms. The number of benzene rings is 1. The summed E-state index contributed by atoms with van der Waals surface area (Å²) >= 11 is 0. The SMILES string of the molecule is c1ccc(CCN2CCO[C@H](c3cccc(Nc4cnccn4)n3)C2)cc1. The number of ether oxygens (including phenoxy) is 1. The van der Waals surface area contributed by atoms with Crippen LogP contribution in [0.1, 0.15) is 17.4 Å². The third-order valence-electron chi connectivity index (χ3n) is 4.63. The lowest BCUT2D eigenvalue weighted by Gasteiger charge is -2.32. The average molecular weight is 361 g/mol. The van der Waals surface area contributed by atoms with Crippen LogP contribution >= 0.6 is 0 Å². The van der Waals surface area contributed by atoms with Crippen LogP contribution in [0.2, 0.25) is 0 Å². The van der Waals surface area contributed by atoms with Crippen LogP contribution in [0.5, 0.6) is 0 Å². The predicted molar refractivity (Wildman–Crippen MR) is 105 cm³/mol. The van der Waals surface area contributed by atoms with Gasteiger partial charge in [-0.2, -0.15) is 0 Å². The number of pyridine rings is 1. The van der Waals surface area contributed by atoms with Crippen molar-refractivity contribution in [3.63, 3.8) is 0 Å². The Kier molecular flexibility index (Phi) is 5.67. The highest BCUT2D eigenvalue weighted by Crippen LogP contribution is 2.23. The van der Waals surface area contributed by atoms with Crippen LogP contribution in [-0.2, 0) is 11.2 Å². The molecule has 1 fully saturated rings. The van der Waals surface area contributed by atoms with Crippen LogP contribution in [0.3, 0.4) is 0 Å². The highest BCUT2D eigenvalue weighted by molar-refractivity contribution is 5.50. The summed E-state index contributed by atoms with van der Waals surface area (Å²) in [6, 6.07) is 16.5. The topological polar surface area (TPSA) is 63.2 Å². The van der Waals surface area contributed by atoms with E-state index in [1.807, 2.05) is 18.2 Å². The molecule has 6 heteroatoms. The molecule has 27 heavy (non-hydrogen) atoms. The first-order valence-corrected chi connectivity index (χ1v) is 9.25. The molecule has 1 N–H and O–H groups in total. The van der Waals surface area contributed by atoms with E-state index < -0.39 is 0 Å². The van der Waals surface area contributed by atoms with E-state index in [9.17, 15) is 0 Å². The molecule has 1 atom stereocenters. The molecule has 0 unspecified atom stereocenters. The first-order chi connectivity index (χ1) is 13.4. The Morgan fingerprint density at radius 2 is 1.96 bits per heavy atom. The zero-order valence-corrected chi connectivity index (χ0v) is 15.2. The van der Waals surface area contributed by atoms with Crippen molar-refractivity contribution in [1.82, 2.24) is 19.9 Å². The number of rotatable bonds is 6. The summed E-state index contributed by atoms with van der Waals surface area (Å²) in [4.78, 5) is 15.5.